The molecule has 0 amide bonds. The average molecular weight is 207 g/mol. The maximum Gasteiger partial charge on any atom is 0.115 e. The summed E-state index contributed by atoms with van der Waals surface area (Å²) in [7, 11) is 1.70. The maximum atomic E-state index is 9.43. The second-order valence-electron chi connectivity index (χ2n) is 4.10. The van der Waals surface area contributed by atoms with Gasteiger partial charge in [0.15, 0.2) is 0 Å². The highest BCUT2D eigenvalue weighted by Crippen LogP contribution is 2.38. The van der Waals surface area contributed by atoms with Gasteiger partial charge in [0.1, 0.15) is 11.4 Å². The Morgan fingerprint density at radius 1 is 1.53 bits per heavy atom. The minimum absolute atomic E-state index is 0.317. The van der Waals surface area contributed by atoms with E-state index in [2.05, 4.69) is 0 Å². The van der Waals surface area contributed by atoms with Gasteiger partial charge < -0.3 is 15.6 Å². The third-order valence-electron chi connectivity index (χ3n) is 3.33. The molecule has 1 aromatic carbocycles. The molecule has 0 heterocycles. The molecule has 3 heteroatoms. The van der Waals surface area contributed by atoms with Gasteiger partial charge in [0.05, 0.1) is 0 Å². The van der Waals surface area contributed by atoms with E-state index in [9.17, 15) is 5.11 Å². The summed E-state index contributed by atoms with van der Waals surface area (Å²) in [5.41, 5.74) is 7.76. The van der Waals surface area contributed by atoms with Crippen molar-refractivity contribution in [3.05, 3.63) is 29.3 Å². The Hall–Kier alpha value is -1.06. The number of aryl methyl sites for hydroxylation is 1. The van der Waals surface area contributed by atoms with E-state index in [1.165, 1.54) is 0 Å². The van der Waals surface area contributed by atoms with Crippen molar-refractivity contribution >= 4 is 0 Å². The van der Waals surface area contributed by atoms with Crippen LogP contribution in [0.15, 0.2) is 18.2 Å². The zero-order valence-electron chi connectivity index (χ0n) is 8.99. The van der Waals surface area contributed by atoms with Crippen molar-refractivity contribution in [2.75, 3.05) is 13.7 Å². The highest BCUT2D eigenvalue weighted by atomic mass is 16.5. The van der Waals surface area contributed by atoms with E-state index in [4.69, 9.17) is 10.5 Å². The monoisotopic (exact) mass is 207 g/mol. The van der Waals surface area contributed by atoms with Gasteiger partial charge in [-0.1, -0.05) is 6.07 Å². The highest BCUT2D eigenvalue weighted by Gasteiger charge is 2.35. The minimum Gasteiger partial charge on any atom is -0.508 e. The van der Waals surface area contributed by atoms with Crippen LogP contribution in [0, 0.1) is 0 Å². The lowest BCUT2D eigenvalue weighted by atomic mass is 9.79. The lowest BCUT2D eigenvalue weighted by Crippen LogP contribution is -2.40. The predicted molar refractivity (Wildman–Crippen MR) is 58.8 cm³/mol. The van der Waals surface area contributed by atoms with Gasteiger partial charge in [0, 0.05) is 13.7 Å². The fourth-order valence-corrected chi connectivity index (χ4v) is 2.44. The van der Waals surface area contributed by atoms with Crippen LogP contribution in [0.2, 0.25) is 0 Å². The lowest BCUT2D eigenvalue weighted by molar-refractivity contribution is -0.0212. The number of benzene rings is 1. The van der Waals surface area contributed by atoms with Crippen LogP contribution in [0.1, 0.15) is 24.0 Å². The number of nitrogens with two attached hydrogens (primary N) is 1. The van der Waals surface area contributed by atoms with Gasteiger partial charge in [-0.05, 0) is 42.5 Å². The second kappa shape index (κ2) is 3.83. The first kappa shape index (κ1) is 10.5. The molecule has 0 aliphatic heterocycles. The standard InChI is InChI=1S/C12H17NO2/c1-15-12(8-13)6-2-3-9-7-10(14)4-5-11(9)12/h4-5,7,14H,2-3,6,8,13H2,1H3. The Bertz CT molecular complexity index is 359. The summed E-state index contributed by atoms with van der Waals surface area (Å²) in [6, 6.07) is 5.45. The lowest BCUT2D eigenvalue weighted by Gasteiger charge is -2.37. The quantitative estimate of drug-likeness (QED) is 0.773. The van der Waals surface area contributed by atoms with E-state index in [1.54, 1.807) is 13.2 Å². The van der Waals surface area contributed by atoms with Crippen LogP contribution in [0.3, 0.4) is 0 Å². The van der Waals surface area contributed by atoms with Crippen LogP contribution in [0.4, 0.5) is 0 Å². The van der Waals surface area contributed by atoms with Crippen LogP contribution in [0.25, 0.3) is 0 Å². The van der Waals surface area contributed by atoms with Crippen LogP contribution in [-0.4, -0.2) is 18.8 Å². The summed E-state index contributed by atoms with van der Waals surface area (Å²) in [6.07, 6.45) is 3.01. The van der Waals surface area contributed by atoms with Crippen LogP contribution in [-0.2, 0) is 16.8 Å². The molecule has 1 unspecified atom stereocenters. The number of phenols is 1. The van der Waals surface area contributed by atoms with Crippen molar-refractivity contribution in [3.8, 4) is 5.75 Å². The fraction of sp³-hybridized carbons (Fsp3) is 0.500. The Labute approximate surface area is 89.9 Å². The highest BCUT2D eigenvalue weighted by molar-refractivity contribution is 5.40. The summed E-state index contributed by atoms with van der Waals surface area (Å²) < 4.78 is 5.59. The first-order valence-electron chi connectivity index (χ1n) is 5.29. The number of methoxy groups -OCH3 is 1. The normalized spacial score (nSPS) is 24.9. The molecule has 3 N–H and O–H groups in total. The van der Waals surface area contributed by atoms with Crippen molar-refractivity contribution in [2.45, 2.75) is 24.9 Å². The maximum absolute atomic E-state index is 9.43. The molecule has 0 aromatic heterocycles. The van der Waals surface area contributed by atoms with Crippen molar-refractivity contribution in [1.82, 2.24) is 0 Å². The number of fused-ring (bicyclic) bond motifs is 1. The molecule has 0 saturated carbocycles. The molecular weight excluding hydrogens is 190 g/mol. The zero-order valence-corrected chi connectivity index (χ0v) is 8.99. The molecule has 0 saturated heterocycles. The fourth-order valence-electron chi connectivity index (χ4n) is 2.44. The Morgan fingerprint density at radius 2 is 2.33 bits per heavy atom. The van der Waals surface area contributed by atoms with Gasteiger partial charge >= 0.3 is 0 Å². The van der Waals surface area contributed by atoms with E-state index in [1.807, 2.05) is 12.1 Å². The molecule has 0 spiro atoms. The smallest absolute Gasteiger partial charge is 0.115 e. The van der Waals surface area contributed by atoms with Gasteiger partial charge in [-0.15, -0.1) is 0 Å². The van der Waals surface area contributed by atoms with E-state index < -0.39 is 0 Å². The number of phenolic OH excluding ortho intramolecular Hbond substituents is 1. The average Bonchev–Trinajstić information content (AvgIpc) is 2.27. The molecule has 15 heavy (non-hydrogen) atoms. The van der Waals surface area contributed by atoms with Crippen molar-refractivity contribution in [3.63, 3.8) is 0 Å². The van der Waals surface area contributed by atoms with Gasteiger partial charge in [-0.3, -0.25) is 0 Å². The number of hydrogen-bond acceptors (Lipinski definition) is 3. The van der Waals surface area contributed by atoms with Gasteiger partial charge in [0.25, 0.3) is 0 Å². The van der Waals surface area contributed by atoms with Gasteiger partial charge in [-0.25, -0.2) is 0 Å². The van der Waals surface area contributed by atoms with E-state index >= 15 is 0 Å². The van der Waals surface area contributed by atoms with E-state index in [-0.39, 0.29) is 5.60 Å². The summed E-state index contributed by atoms with van der Waals surface area (Å²) in [5, 5.41) is 9.43. The molecule has 0 radical (unpaired) electrons. The molecular formula is C12H17NO2. The molecule has 1 atom stereocenters. The molecule has 0 fully saturated rings. The summed E-state index contributed by atoms with van der Waals surface area (Å²) in [5.74, 6) is 0.317. The van der Waals surface area contributed by atoms with Crippen molar-refractivity contribution in [2.24, 2.45) is 5.73 Å². The van der Waals surface area contributed by atoms with Crippen molar-refractivity contribution in [1.29, 1.82) is 0 Å². The van der Waals surface area contributed by atoms with Gasteiger partial charge in [-0.2, -0.15) is 0 Å². The van der Waals surface area contributed by atoms with E-state index in [0.717, 1.165) is 30.4 Å². The largest absolute Gasteiger partial charge is 0.508 e. The number of hydrogen-bond donors (Lipinski definition) is 2. The summed E-state index contributed by atoms with van der Waals surface area (Å²) >= 11 is 0. The second-order valence-corrected chi connectivity index (χ2v) is 4.10. The van der Waals surface area contributed by atoms with Gasteiger partial charge in [0.2, 0.25) is 0 Å². The Morgan fingerprint density at radius 3 is 3.00 bits per heavy atom. The minimum atomic E-state index is -0.346. The molecule has 82 valence electrons. The predicted octanol–water partition coefficient (Wildman–Crippen LogP) is 1.53. The summed E-state index contributed by atoms with van der Waals surface area (Å²) in [4.78, 5) is 0. The number of rotatable bonds is 2. The third-order valence-corrected chi connectivity index (χ3v) is 3.33. The first-order valence-corrected chi connectivity index (χ1v) is 5.29. The number of aromatic hydroxyl groups is 1. The first-order chi connectivity index (χ1) is 7.22. The molecule has 3 nitrogen and oxygen atoms in total. The number of ether oxygens (including phenoxy) is 1. The zero-order chi connectivity index (χ0) is 10.9. The Balaban J connectivity index is 2.50. The SMILES string of the molecule is COC1(CN)CCCc2cc(O)ccc21. The van der Waals surface area contributed by atoms with E-state index in [0.29, 0.717) is 12.3 Å². The third kappa shape index (κ3) is 1.62. The molecule has 0 bridgehead atoms. The molecule has 1 aliphatic carbocycles. The molecule has 2 rings (SSSR count). The van der Waals surface area contributed by atoms with Crippen molar-refractivity contribution < 1.29 is 9.84 Å². The summed E-state index contributed by atoms with van der Waals surface area (Å²) in [6.45, 7) is 0.487. The van der Waals surface area contributed by atoms with Crippen LogP contribution < -0.4 is 5.73 Å². The van der Waals surface area contributed by atoms with Crippen LogP contribution in [0.5, 0.6) is 5.75 Å². The molecule has 1 aromatic rings. The molecule has 1 aliphatic rings. The topological polar surface area (TPSA) is 55.5 Å². The van der Waals surface area contributed by atoms with Crippen LogP contribution >= 0.6 is 0 Å². The Kier molecular flexibility index (Phi) is 2.67.